The average molecular weight is 761 g/mol. The van der Waals surface area contributed by atoms with E-state index in [9.17, 15) is 20.4 Å². The van der Waals surface area contributed by atoms with Crippen molar-refractivity contribution >= 4 is 11.1 Å². The number of aryl methyl sites for hydroxylation is 4. The summed E-state index contributed by atoms with van der Waals surface area (Å²) in [6.07, 6.45) is 11.4. The van der Waals surface area contributed by atoms with Crippen LogP contribution in [0.15, 0.2) is 131 Å². The van der Waals surface area contributed by atoms with Crippen LogP contribution in [0, 0.1) is 39.5 Å². The Morgan fingerprint density at radius 1 is 0.456 bits per heavy atom. The molecule has 4 heteroatoms. The molecule has 8 rings (SSSR count). The second kappa shape index (κ2) is 16.0. The van der Waals surface area contributed by atoms with E-state index in [-0.39, 0.29) is 36.2 Å². The van der Waals surface area contributed by atoms with Crippen LogP contribution in [0.1, 0.15) is 128 Å². The third kappa shape index (κ3) is 7.04. The summed E-state index contributed by atoms with van der Waals surface area (Å²) in [4.78, 5) is 0. The standard InChI is InChI=1S/C53H60O4/c1-34-19-11-15-27-42(34)46-40(32-52(56,44-29-17-13-21-36(44)3)50(54)48(46)38-23-7-5-8-24-38)31-41-33-53(57,45-30-18-14-22-37(45)4)51(55)49(39-25-9-6-10-26-39)47(41)43-28-16-12-20-35(43)2/h11-22,27-30,38-39,54-57H,5-10,23-26,31-33H2,1-4H3. The normalized spacial score (nSPS) is 24.1. The van der Waals surface area contributed by atoms with Crippen molar-refractivity contribution in [3.05, 3.63) is 175 Å². The molecule has 0 bridgehead atoms. The van der Waals surface area contributed by atoms with Gasteiger partial charge in [0.25, 0.3) is 0 Å². The van der Waals surface area contributed by atoms with Crippen LogP contribution >= 0.6 is 0 Å². The molecule has 2 fully saturated rings. The summed E-state index contributed by atoms with van der Waals surface area (Å²) in [6.45, 7) is 8.34. The number of aliphatic hydroxyl groups excluding tert-OH is 2. The third-order valence-electron chi connectivity index (χ3n) is 13.9. The van der Waals surface area contributed by atoms with Gasteiger partial charge in [0.05, 0.1) is 0 Å². The molecule has 4 aromatic rings. The molecule has 4 aromatic carbocycles. The molecule has 4 nitrogen and oxygen atoms in total. The zero-order chi connectivity index (χ0) is 39.9. The van der Waals surface area contributed by atoms with Gasteiger partial charge in [0.15, 0.2) is 11.2 Å². The number of hydrogen-bond acceptors (Lipinski definition) is 4. The first-order valence-electron chi connectivity index (χ1n) is 21.5. The summed E-state index contributed by atoms with van der Waals surface area (Å²) >= 11 is 0. The summed E-state index contributed by atoms with van der Waals surface area (Å²) in [5, 5.41) is 51.9. The largest absolute Gasteiger partial charge is 0.509 e. The molecule has 0 amide bonds. The van der Waals surface area contributed by atoms with Crippen molar-refractivity contribution in [2.45, 2.75) is 122 Å². The molecule has 4 aliphatic carbocycles. The van der Waals surface area contributed by atoms with Crippen LogP contribution in [0.3, 0.4) is 0 Å². The van der Waals surface area contributed by atoms with Crippen LogP contribution < -0.4 is 0 Å². The van der Waals surface area contributed by atoms with Gasteiger partial charge < -0.3 is 20.4 Å². The van der Waals surface area contributed by atoms with Crippen molar-refractivity contribution in [3.63, 3.8) is 0 Å². The molecule has 2 unspecified atom stereocenters. The highest BCUT2D eigenvalue weighted by atomic mass is 16.3. The van der Waals surface area contributed by atoms with Crippen molar-refractivity contribution in [2.24, 2.45) is 11.8 Å². The highest BCUT2D eigenvalue weighted by Crippen LogP contribution is 2.57. The highest BCUT2D eigenvalue weighted by Gasteiger charge is 2.48. The lowest BCUT2D eigenvalue weighted by molar-refractivity contribution is 0.0229. The molecule has 0 saturated heterocycles. The predicted octanol–water partition coefficient (Wildman–Crippen LogP) is 12.9. The minimum absolute atomic E-state index is 0.0827. The molecule has 0 radical (unpaired) electrons. The first kappa shape index (κ1) is 39.2. The summed E-state index contributed by atoms with van der Waals surface area (Å²) in [7, 11) is 0. The number of benzene rings is 4. The Morgan fingerprint density at radius 3 is 1.14 bits per heavy atom. The van der Waals surface area contributed by atoms with Crippen LogP contribution in [0.4, 0.5) is 0 Å². The van der Waals surface area contributed by atoms with Gasteiger partial charge in [-0.15, -0.1) is 0 Å². The second-order valence-electron chi connectivity index (χ2n) is 17.7. The summed E-state index contributed by atoms with van der Waals surface area (Å²) in [6, 6.07) is 32.8. The SMILES string of the molecule is Cc1ccccc1C1=C(CC2=C(c3ccccc3C)C(C3CCCCC3)=C(O)C(O)(c3ccccc3C)C2)CC(O)(c2ccccc2C)C(O)=C1C1CCCCC1. The van der Waals surface area contributed by atoms with Crippen LogP contribution in [0.5, 0.6) is 0 Å². The summed E-state index contributed by atoms with van der Waals surface area (Å²) in [5.41, 5.74) is 10.5. The Bertz CT molecular complexity index is 2130. The van der Waals surface area contributed by atoms with Gasteiger partial charge in [0, 0.05) is 24.0 Å². The fourth-order valence-electron chi connectivity index (χ4n) is 11.1. The monoisotopic (exact) mass is 760 g/mol. The van der Waals surface area contributed by atoms with Gasteiger partial charge in [0.2, 0.25) is 0 Å². The van der Waals surface area contributed by atoms with Gasteiger partial charge >= 0.3 is 0 Å². The lowest BCUT2D eigenvalue weighted by Gasteiger charge is -2.43. The van der Waals surface area contributed by atoms with Crippen molar-refractivity contribution in [1.82, 2.24) is 0 Å². The lowest BCUT2D eigenvalue weighted by atomic mass is 9.64. The lowest BCUT2D eigenvalue weighted by Crippen LogP contribution is -2.37. The molecule has 0 aromatic heterocycles. The van der Waals surface area contributed by atoms with E-state index in [1.807, 2.05) is 62.4 Å². The third-order valence-corrected chi connectivity index (χ3v) is 13.9. The van der Waals surface area contributed by atoms with E-state index >= 15 is 0 Å². The van der Waals surface area contributed by atoms with Crippen LogP contribution in [0.2, 0.25) is 0 Å². The average Bonchev–Trinajstić information content (AvgIpc) is 3.22. The number of aliphatic hydroxyl groups is 4. The molecule has 296 valence electrons. The van der Waals surface area contributed by atoms with Crippen LogP contribution in [-0.2, 0) is 11.2 Å². The van der Waals surface area contributed by atoms with Gasteiger partial charge in [0.1, 0.15) is 11.5 Å². The van der Waals surface area contributed by atoms with E-state index in [4.69, 9.17) is 0 Å². The molecular formula is C53H60O4. The maximum atomic E-state index is 13.2. The Hall–Kier alpha value is -4.64. The quantitative estimate of drug-likeness (QED) is 0.144. The molecule has 0 aliphatic heterocycles. The van der Waals surface area contributed by atoms with Crippen molar-refractivity contribution in [2.75, 3.05) is 0 Å². The molecular weight excluding hydrogens is 701 g/mol. The molecule has 2 atom stereocenters. The highest BCUT2D eigenvalue weighted by molar-refractivity contribution is 5.89. The minimum atomic E-state index is -1.63. The molecule has 4 aliphatic rings. The first-order chi connectivity index (χ1) is 27.5. The van der Waals surface area contributed by atoms with Gasteiger partial charge in [-0.05, 0) is 127 Å². The smallest absolute Gasteiger partial charge is 0.150 e. The van der Waals surface area contributed by atoms with E-state index < -0.39 is 11.2 Å². The Labute approximate surface area is 340 Å². The van der Waals surface area contributed by atoms with Crippen LogP contribution in [0.25, 0.3) is 11.1 Å². The Balaban J connectivity index is 1.45. The van der Waals surface area contributed by atoms with Gasteiger partial charge in [-0.25, -0.2) is 0 Å². The van der Waals surface area contributed by atoms with Gasteiger partial charge in [-0.3, -0.25) is 0 Å². The minimum Gasteiger partial charge on any atom is -0.509 e. The topological polar surface area (TPSA) is 80.9 Å². The molecule has 0 heterocycles. The van der Waals surface area contributed by atoms with E-state index in [0.29, 0.717) is 6.42 Å². The van der Waals surface area contributed by atoms with Crippen LogP contribution in [-0.4, -0.2) is 20.4 Å². The number of allylic oxidation sites excluding steroid dienone is 4. The van der Waals surface area contributed by atoms with E-state index in [1.54, 1.807) is 0 Å². The Kier molecular flexibility index (Phi) is 11.0. The maximum Gasteiger partial charge on any atom is 0.150 e. The first-order valence-corrected chi connectivity index (χ1v) is 21.5. The fraction of sp³-hybridized carbons (Fsp3) is 0.396. The zero-order valence-corrected chi connectivity index (χ0v) is 34.4. The molecule has 0 spiro atoms. The van der Waals surface area contributed by atoms with Gasteiger partial charge in [-0.1, -0.05) is 147 Å². The van der Waals surface area contributed by atoms with Gasteiger partial charge in [-0.2, -0.15) is 0 Å². The molecule has 4 N–H and O–H groups in total. The second-order valence-corrected chi connectivity index (χ2v) is 17.7. The molecule has 2 saturated carbocycles. The predicted molar refractivity (Wildman–Crippen MR) is 233 cm³/mol. The number of rotatable bonds is 8. The Morgan fingerprint density at radius 2 is 0.789 bits per heavy atom. The van der Waals surface area contributed by atoms with Crippen molar-refractivity contribution in [1.29, 1.82) is 0 Å². The summed E-state index contributed by atoms with van der Waals surface area (Å²) in [5.74, 6) is 0.362. The number of hydrogen-bond donors (Lipinski definition) is 4. The fourth-order valence-corrected chi connectivity index (χ4v) is 11.1. The van der Waals surface area contributed by atoms with E-state index in [1.165, 1.54) is 12.8 Å². The van der Waals surface area contributed by atoms with E-state index in [0.717, 1.165) is 129 Å². The van der Waals surface area contributed by atoms with Crippen molar-refractivity contribution < 1.29 is 20.4 Å². The molecule has 57 heavy (non-hydrogen) atoms. The summed E-state index contributed by atoms with van der Waals surface area (Å²) < 4.78 is 0. The van der Waals surface area contributed by atoms with Crippen molar-refractivity contribution in [3.8, 4) is 0 Å². The zero-order valence-electron chi connectivity index (χ0n) is 34.4. The maximum absolute atomic E-state index is 13.2. The van der Waals surface area contributed by atoms with E-state index in [2.05, 4.69) is 62.4 Å².